The topological polar surface area (TPSA) is 121 Å². The molecule has 2 aromatic carbocycles. The van der Waals surface area contributed by atoms with Crippen LogP contribution in [-0.2, 0) is 34.2 Å². The van der Waals surface area contributed by atoms with E-state index in [-0.39, 0.29) is 30.0 Å². The normalized spacial score (nSPS) is 23.0. The van der Waals surface area contributed by atoms with Crippen molar-refractivity contribution < 1.29 is 18.3 Å². The fraction of sp³-hybridized carbons (Fsp3) is 0.433. The Morgan fingerprint density at radius 2 is 1.93 bits per heavy atom. The van der Waals surface area contributed by atoms with E-state index in [1.807, 2.05) is 17.8 Å². The van der Waals surface area contributed by atoms with Gasteiger partial charge in [-0.15, -0.1) is 5.10 Å². The lowest BCUT2D eigenvalue weighted by molar-refractivity contribution is -0.124. The van der Waals surface area contributed by atoms with Gasteiger partial charge in [0, 0.05) is 37.6 Å². The molecule has 1 aromatic heterocycles. The van der Waals surface area contributed by atoms with E-state index in [9.17, 15) is 18.3 Å². The number of fused-ring (bicyclic) bond motifs is 1. The second-order valence-electron chi connectivity index (χ2n) is 11.3. The lowest BCUT2D eigenvalue weighted by atomic mass is 9.86. The predicted octanol–water partition coefficient (Wildman–Crippen LogP) is 2.67. The Morgan fingerprint density at radius 3 is 2.73 bits per heavy atom. The molecule has 0 unspecified atom stereocenters. The number of amides is 1. The molecule has 1 saturated heterocycles. The van der Waals surface area contributed by atoms with E-state index in [1.165, 1.54) is 29.1 Å². The van der Waals surface area contributed by atoms with Crippen molar-refractivity contribution in [1.29, 1.82) is 0 Å². The summed E-state index contributed by atoms with van der Waals surface area (Å²) in [5.74, 6) is -0.408. The number of aliphatic hydroxyl groups is 1. The molecule has 1 aliphatic carbocycles. The summed E-state index contributed by atoms with van der Waals surface area (Å²) in [6, 6.07) is 12.5. The number of aromatic nitrogens is 3. The van der Waals surface area contributed by atoms with Crippen molar-refractivity contribution in [1.82, 2.24) is 29.5 Å². The van der Waals surface area contributed by atoms with Crippen molar-refractivity contribution in [3.8, 4) is 0 Å². The number of sulfonamides is 1. The predicted molar refractivity (Wildman–Crippen MR) is 153 cm³/mol. The molecule has 216 valence electrons. The highest BCUT2D eigenvalue weighted by atomic mass is 32.2. The first-order valence-electron chi connectivity index (χ1n) is 14.3. The van der Waals surface area contributed by atoms with Crippen LogP contribution in [0.2, 0.25) is 0 Å². The summed E-state index contributed by atoms with van der Waals surface area (Å²) >= 11 is 0. The molecule has 2 N–H and O–H groups in total. The minimum Gasteiger partial charge on any atom is -0.395 e. The zero-order valence-electron chi connectivity index (χ0n) is 23.2. The van der Waals surface area contributed by atoms with E-state index in [1.54, 1.807) is 24.3 Å². The zero-order valence-corrected chi connectivity index (χ0v) is 24.0. The van der Waals surface area contributed by atoms with Gasteiger partial charge in [0.2, 0.25) is 5.91 Å². The number of nitrogens with zero attached hydrogens (tertiary/aromatic N) is 5. The number of likely N-dealkylation sites (tertiary alicyclic amines) is 1. The van der Waals surface area contributed by atoms with E-state index in [4.69, 9.17) is 0 Å². The van der Waals surface area contributed by atoms with Gasteiger partial charge < -0.3 is 10.4 Å². The number of rotatable bonds is 8. The first-order chi connectivity index (χ1) is 19.8. The van der Waals surface area contributed by atoms with Gasteiger partial charge in [0.05, 0.1) is 23.2 Å². The van der Waals surface area contributed by atoms with Gasteiger partial charge in [-0.05, 0) is 74.4 Å². The van der Waals surface area contributed by atoms with Crippen LogP contribution in [0.1, 0.15) is 59.7 Å². The first kappa shape index (κ1) is 27.6. The maximum absolute atomic E-state index is 13.4. The summed E-state index contributed by atoms with van der Waals surface area (Å²) in [5.41, 5.74) is 5.29. The summed E-state index contributed by atoms with van der Waals surface area (Å²) < 4.78 is 29.9. The second kappa shape index (κ2) is 11.4. The number of aryl methyl sites for hydroxylation is 2. The molecule has 0 saturated carbocycles. The van der Waals surface area contributed by atoms with E-state index < -0.39 is 22.0 Å². The highest BCUT2D eigenvalue weighted by Crippen LogP contribution is 2.34. The molecule has 3 aliphatic rings. The smallest absolute Gasteiger partial charge is 0.264 e. The van der Waals surface area contributed by atoms with Crippen molar-refractivity contribution in [2.45, 2.75) is 75.0 Å². The molecule has 3 aromatic rings. The van der Waals surface area contributed by atoms with Crippen LogP contribution in [0.15, 0.2) is 66.0 Å². The molecule has 0 bridgehead atoms. The third-order valence-electron chi connectivity index (χ3n) is 8.52. The summed E-state index contributed by atoms with van der Waals surface area (Å²) in [7, 11) is -3.94. The van der Waals surface area contributed by atoms with Crippen LogP contribution in [-0.4, -0.2) is 68.9 Å². The van der Waals surface area contributed by atoms with Crippen LogP contribution in [0.5, 0.6) is 0 Å². The van der Waals surface area contributed by atoms with E-state index in [0.29, 0.717) is 5.69 Å². The maximum Gasteiger partial charge on any atom is 0.264 e. The van der Waals surface area contributed by atoms with Crippen molar-refractivity contribution >= 4 is 15.9 Å². The second-order valence-corrected chi connectivity index (χ2v) is 13.1. The monoisotopic (exact) mass is 576 g/mol. The van der Waals surface area contributed by atoms with Crippen LogP contribution < -0.4 is 5.32 Å². The van der Waals surface area contributed by atoms with Gasteiger partial charge in [-0.1, -0.05) is 41.1 Å². The van der Waals surface area contributed by atoms with Crippen molar-refractivity contribution in [2.24, 2.45) is 0 Å². The first-order valence-corrected chi connectivity index (χ1v) is 15.7. The van der Waals surface area contributed by atoms with Gasteiger partial charge in [0.1, 0.15) is 6.04 Å². The quantitative estimate of drug-likeness (QED) is 0.423. The minimum absolute atomic E-state index is 0.0264. The van der Waals surface area contributed by atoms with Gasteiger partial charge in [0.15, 0.2) is 0 Å². The third kappa shape index (κ3) is 5.53. The fourth-order valence-electron chi connectivity index (χ4n) is 6.29. The largest absolute Gasteiger partial charge is 0.395 e. The number of hydrogen-bond donors (Lipinski definition) is 2. The van der Waals surface area contributed by atoms with Crippen LogP contribution in [0.25, 0.3) is 0 Å². The average molecular weight is 577 g/mol. The molecule has 11 heteroatoms. The third-order valence-corrected chi connectivity index (χ3v) is 10.3. The Bertz CT molecular complexity index is 1550. The molecule has 1 fully saturated rings. The minimum atomic E-state index is -3.94. The number of hydrogen-bond acceptors (Lipinski definition) is 7. The molecule has 0 spiro atoms. The van der Waals surface area contributed by atoms with Crippen LogP contribution in [0.3, 0.4) is 0 Å². The number of aliphatic hydroxyl groups excluding tert-OH is 1. The molecule has 0 radical (unpaired) electrons. The van der Waals surface area contributed by atoms with Crippen molar-refractivity contribution in [2.75, 3.05) is 13.2 Å². The fourth-order valence-corrected chi connectivity index (χ4v) is 7.74. The number of carbonyl (C=O) groups is 1. The summed E-state index contributed by atoms with van der Waals surface area (Å²) in [5, 5.41) is 21.1. The van der Waals surface area contributed by atoms with Crippen molar-refractivity contribution in [3.63, 3.8) is 0 Å². The molecule has 2 aliphatic heterocycles. The van der Waals surface area contributed by atoms with Crippen LogP contribution in [0.4, 0.5) is 0 Å². The molecule has 41 heavy (non-hydrogen) atoms. The maximum atomic E-state index is 13.4. The standard InChI is InChI=1S/C30H36N6O4S/c1-21-7-10-26(11-8-21)41(39,40)36-15-13-31-30(38)29(36)17-24-19-35(33-32-24)28-6-2-4-23-16-22(9-12-27(23)28)18-34-14-3-5-25(34)20-37/h7-13,15-16,19,25,28-29,37H,2-6,14,17-18,20H2,1H3,(H,31,38)/t25-,28+,29+/m0/s1. The summed E-state index contributed by atoms with van der Waals surface area (Å²) in [6.45, 7) is 3.96. The highest BCUT2D eigenvalue weighted by molar-refractivity contribution is 7.89. The van der Waals surface area contributed by atoms with E-state index in [2.05, 4.69) is 38.7 Å². The Kier molecular flexibility index (Phi) is 7.67. The molecular formula is C30H36N6O4S. The Balaban J connectivity index is 1.20. The average Bonchev–Trinajstić information content (AvgIpc) is 3.63. The SMILES string of the molecule is Cc1ccc(S(=O)(=O)N2C=CNC(=O)[C@H]2Cc2cn([C@@H]3CCCc4cc(CN5CCC[C@H]5CO)ccc43)nn2)cc1. The number of benzene rings is 2. The lowest BCUT2D eigenvalue weighted by Gasteiger charge is -2.31. The number of nitrogens with one attached hydrogen (secondary N) is 1. The van der Waals surface area contributed by atoms with Crippen LogP contribution >= 0.6 is 0 Å². The summed E-state index contributed by atoms with van der Waals surface area (Å²) in [4.78, 5) is 15.4. The number of carbonyl (C=O) groups excluding carboxylic acids is 1. The molecule has 10 nitrogen and oxygen atoms in total. The van der Waals surface area contributed by atoms with Gasteiger partial charge in [-0.25, -0.2) is 13.1 Å². The highest BCUT2D eigenvalue weighted by Gasteiger charge is 2.36. The molecule has 3 atom stereocenters. The van der Waals surface area contributed by atoms with Gasteiger partial charge >= 0.3 is 0 Å². The molecular weight excluding hydrogens is 540 g/mol. The molecule has 1 amide bonds. The van der Waals surface area contributed by atoms with E-state index >= 15 is 0 Å². The van der Waals surface area contributed by atoms with Gasteiger partial charge in [-0.2, -0.15) is 0 Å². The lowest BCUT2D eigenvalue weighted by Crippen LogP contribution is -2.50. The van der Waals surface area contributed by atoms with Crippen molar-refractivity contribution in [3.05, 3.63) is 89.0 Å². The summed E-state index contributed by atoms with van der Waals surface area (Å²) in [6.07, 6.45) is 9.81. The van der Waals surface area contributed by atoms with Gasteiger partial charge in [-0.3, -0.25) is 14.0 Å². The zero-order chi connectivity index (χ0) is 28.6. The van der Waals surface area contributed by atoms with E-state index in [0.717, 1.165) is 55.1 Å². The Morgan fingerprint density at radius 1 is 1.10 bits per heavy atom. The van der Waals surface area contributed by atoms with Gasteiger partial charge in [0.25, 0.3) is 10.0 Å². The molecule has 3 heterocycles. The Labute approximate surface area is 240 Å². The van der Waals surface area contributed by atoms with Crippen LogP contribution in [0, 0.1) is 6.92 Å². The molecule has 6 rings (SSSR count). The Hall–Kier alpha value is -3.54.